The average molecular weight is 420 g/mol. The van der Waals surface area contributed by atoms with Gasteiger partial charge in [0, 0.05) is 6.54 Å². The average Bonchev–Trinajstić information content (AvgIpc) is 2.71. The first-order valence-corrected chi connectivity index (χ1v) is 10.6. The van der Waals surface area contributed by atoms with Crippen molar-refractivity contribution in [3.05, 3.63) is 53.6 Å². The molecule has 0 aliphatic heterocycles. The van der Waals surface area contributed by atoms with Crippen LogP contribution in [0.4, 0.5) is 0 Å². The molecule has 0 radical (unpaired) electrons. The van der Waals surface area contributed by atoms with Crippen LogP contribution < -0.4 is 19.9 Å². The molecule has 3 rings (SSSR count). The van der Waals surface area contributed by atoms with Crippen molar-refractivity contribution in [1.82, 2.24) is 4.72 Å². The maximum absolute atomic E-state index is 12.6. The first-order valence-electron chi connectivity index (χ1n) is 9.14. The summed E-state index contributed by atoms with van der Waals surface area (Å²) in [5, 5.41) is 11.1. The lowest BCUT2D eigenvalue weighted by atomic mass is 9.79. The third-order valence-corrected chi connectivity index (χ3v) is 6.34. The Morgan fingerprint density at radius 3 is 2.55 bits per heavy atom. The number of benzene rings is 2. The van der Waals surface area contributed by atoms with Crippen molar-refractivity contribution in [3.63, 3.8) is 0 Å². The Balaban J connectivity index is 1.73. The fraction of sp³-hybridized carbons (Fsp3) is 0.350. The summed E-state index contributed by atoms with van der Waals surface area (Å²) < 4.78 is 38.2. The van der Waals surface area contributed by atoms with Gasteiger partial charge in [0.1, 0.15) is 17.1 Å². The lowest BCUT2D eigenvalue weighted by molar-refractivity contribution is -0.119. The molecule has 0 saturated carbocycles. The first-order chi connectivity index (χ1) is 13.7. The van der Waals surface area contributed by atoms with Gasteiger partial charge in [0.2, 0.25) is 10.0 Å². The minimum absolute atomic E-state index is 0.0262. The number of amides is 1. The zero-order chi connectivity index (χ0) is 21.1. The van der Waals surface area contributed by atoms with E-state index in [0.717, 1.165) is 18.4 Å². The molecule has 0 spiro atoms. The number of hydrogen-bond acceptors (Lipinski definition) is 6. The minimum Gasteiger partial charge on any atom is -0.497 e. The topological polar surface area (TPSA) is 128 Å². The van der Waals surface area contributed by atoms with Gasteiger partial charge in [-0.2, -0.15) is 0 Å². The zero-order valence-corrected chi connectivity index (χ0v) is 16.9. The van der Waals surface area contributed by atoms with Crippen molar-refractivity contribution in [3.8, 4) is 11.5 Å². The van der Waals surface area contributed by atoms with Crippen molar-refractivity contribution in [2.24, 2.45) is 5.73 Å². The quantitative estimate of drug-likeness (QED) is 0.586. The second kappa shape index (κ2) is 8.40. The van der Waals surface area contributed by atoms with E-state index in [-0.39, 0.29) is 18.0 Å². The number of sulfonamides is 1. The van der Waals surface area contributed by atoms with Crippen LogP contribution in [-0.2, 0) is 26.8 Å². The predicted octanol–water partition coefficient (Wildman–Crippen LogP) is 1.06. The van der Waals surface area contributed by atoms with Gasteiger partial charge in [-0.05, 0) is 66.8 Å². The zero-order valence-electron chi connectivity index (χ0n) is 16.1. The highest BCUT2D eigenvalue weighted by molar-refractivity contribution is 7.89. The number of nitrogens with one attached hydrogen (secondary N) is 1. The number of hydrogen-bond donors (Lipinski definition) is 3. The van der Waals surface area contributed by atoms with E-state index in [1.165, 1.54) is 24.3 Å². The molecule has 2 aromatic rings. The van der Waals surface area contributed by atoms with Gasteiger partial charge < -0.3 is 20.3 Å². The van der Waals surface area contributed by atoms with Crippen molar-refractivity contribution >= 4 is 15.9 Å². The standard InChI is InChI=1S/C20H24N2O6S/c1-27-16-6-9-18-14(11-16)3-2-10-20(18,24)13-22-29(25,26)17-7-4-15(5-8-17)28-12-19(21)23/h4-9,11,22,24H,2-3,10,12-13H2,1H3,(H2,21,23). The molecule has 9 heteroatoms. The molecule has 29 heavy (non-hydrogen) atoms. The van der Waals surface area contributed by atoms with Crippen LogP contribution in [0.2, 0.25) is 0 Å². The second-order valence-corrected chi connectivity index (χ2v) is 8.73. The van der Waals surface area contributed by atoms with Crippen molar-refractivity contribution in [2.75, 3.05) is 20.3 Å². The summed E-state index contributed by atoms with van der Waals surface area (Å²) in [7, 11) is -2.26. The summed E-state index contributed by atoms with van der Waals surface area (Å²) in [6.45, 7) is -0.434. The maximum atomic E-state index is 12.6. The Morgan fingerprint density at radius 2 is 1.90 bits per heavy atom. The number of aryl methyl sites for hydroxylation is 1. The fourth-order valence-electron chi connectivity index (χ4n) is 3.41. The summed E-state index contributed by atoms with van der Waals surface area (Å²) in [5.41, 5.74) is 5.38. The Kier molecular flexibility index (Phi) is 6.11. The molecule has 8 nitrogen and oxygen atoms in total. The van der Waals surface area contributed by atoms with E-state index in [0.29, 0.717) is 23.5 Å². The molecule has 156 valence electrons. The third-order valence-electron chi connectivity index (χ3n) is 4.92. The number of fused-ring (bicyclic) bond motifs is 1. The van der Waals surface area contributed by atoms with Gasteiger partial charge in [-0.1, -0.05) is 6.07 Å². The summed E-state index contributed by atoms with van der Waals surface area (Å²) in [6.07, 6.45) is 1.99. The van der Waals surface area contributed by atoms with Crippen LogP contribution in [0, 0.1) is 0 Å². The summed E-state index contributed by atoms with van der Waals surface area (Å²) in [5.74, 6) is 0.408. The number of nitrogens with two attached hydrogens (primary N) is 1. The normalized spacial score (nSPS) is 18.7. The van der Waals surface area contributed by atoms with Crippen molar-refractivity contribution in [1.29, 1.82) is 0 Å². The van der Waals surface area contributed by atoms with Gasteiger partial charge in [0.25, 0.3) is 5.91 Å². The number of ether oxygens (including phenoxy) is 2. The van der Waals surface area contributed by atoms with Gasteiger partial charge >= 0.3 is 0 Å². The fourth-order valence-corrected chi connectivity index (χ4v) is 4.50. The lowest BCUT2D eigenvalue weighted by Crippen LogP contribution is -2.42. The molecule has 0 bridgehead atoms. The van der Waals surface area contributed by atoms with Crippen molar-refractivity contribution in [2.45, 2.75) is 29.8 Å². The van der Waals surface area contributed by atoms with Crippen LogP contribution in [0.1, 0.15) is 24.0 Å². The number of aliphatic hydroxyl groups is 1. The molecule has 0 saturated heterocycles. The smallest absolute Gasteiger partial charge is 0.255 e. The molecular weight excluding hydrogens is 396 g/mol. The number of carbonyl (C=O) groups excluding carboxylic acids is 1. The van der Waals surface area contributed by atoms with E-state index in [1.807, 2.05) is 6.07 Å². The Labute approximate surface area is 169 Å². The van der Waals surface area contributed by atoms with E-state index in [9.17, 15) is 18.3 Å². The van der Waals surface area contributed by atoms with Crippen molar-refractivity contribution < 1.29 is 27.8 Å². The molecule has 1 unspecified atom stereocenters. The number of primary amides is 1. The SMILES string of the molecule is COc1ccc2c(c1)CCCC2(O)CNS(=O)(=O)c1ccc(OCC(N)=O)cc1. The predicted molar refractivity (Wildman–Crippen MR) is 106 cm³/mol. The molecule has 4 N–H and O–H groups in total. The van der Waals surface area contributed by atoms with E-state index < -0.39 is 21.5 Å². The van der Waals surface area contributed by atoms with Gasteiger partial charge in [0.15, 0.2) is 6.61 Å². The molecule has 1 amide bonds. The number of rotatable bonds is 8. The van der Waals surface area contributed by atoms with Crippen LogP contribution >= 0.6 is 0 Å². The molecule has 1 aliphatic rings. The summed E-state index contributed by atoms with van der Waals surface area (Å²) in [4.78, 5) is 10.8. The highest BCUT2D eigenvalue weighted by Gasteiger charge is 2.35. The Bertz CT molecular complexity index is 991. The van der Waals surface area contributed by atoms with E-state index in [1.54, 1.807) is 19.2 Å². The maximum Gasteiger partial charge on any atom is 0.255 e. The monoisotopic (exact) mass is 420 g/mol. The third kappa shape index (κ3) is 4.87. The number of methoxy groups -OCH3 is 1. The molecule has 0 aromatic heterocycles. The van der Waals surface area contributed by atoms with Gasteiger partial charge in [0.05, 0.1) is 12.0 Å². The molecule has 1 atom stereocenters. The van der Waals surface area contributed by atoms with Crippen LogP contribution in [0.15, 0.2) is 47.4 Å². The second-order valence-electron chi connectivity index (χ2n) is 6.96. The lowest BCUT2D eigenvalue weighted by Gasteiger charge is -2.34. The Hall–Kier alpha value is -2.62. The number of carbonyl (C=O) groups is 1. The van der Waals surface area contributed by atoms with E-state index >= 15 is 0 Å². The first kappa shape index (κ1) is 21.1. The highest BCUT2D eigenvalue weighted by Crippen LogP contribution is 2.37. The molecule has 0 heterocycles. The van der Waals surface area contributed by atoms with Crippen LogP contribution in [0.5, 0.6) is 11.5 Å². The molecule has 1 aliphatic carbocycles. The van der Waals surface area contributed by atoms with Crippen LogP contribution in [0.25, 0.3) is 0 Å². The Morgan fingerprint density at radius 1 is 1.21 bits per heavy atom. The molecule has 0 fully saturated rings. The molecule has 2 aromatic carbocycles. The summed E-state index contributed by atoms with van der Waals surface area (Å²) >= 11 is 0. The van der Waals surface area contributed by atoms with Gasteiger partial charge in [-0.15, -0.1) is 0 Å². The molecular formula is C20H24N2O6S. The van der Waals surface area contributed by atoms with E-state index in [2.05, 4.69) is 4.72 Å². The van der Waals surface area contributed by atoms with Crippen LogP contribution in [-0.4, -0.2) is 39.7 Å². The van der Waals surface area contributed by atoms with Gasteiger partial charge in [-0.25, -0.2) is 13.1 Å². The summed E-state index contributed by atoms with van der Waals surface area (Å²) in [6, 6.07) is 11.0. The van der Waals surface area contributed by atoms with Gasteiger partial charge in [-0.3, -0.25) is 4.79 Å². The largest absolute Gasteiger partial charge is 0.497 e. The van der Waals surface area contributed by atoms with Crippen LogP contribution in [0.3, 0.4) is 0 Å². The van der Waals surface area contributed by atoms with E-state index in [4.69, 9.17) is 15.2 Å². The highest BCUT2D eigenvalue weighted by atomic mass is 32.2. The minimum atomic E-state index is -3.84.